The fourth-order valence-electron chi connectivity index (χ4n) is 4.62. The van der Waals surface area contributed by atoms with Gasteiger partial charge in [0.2, 0.25) is 5.92 Å². The zero-order valence-corrected chi connectivity index (χ0v) is 19.9. The first kappa shape index (κ1) is 24.3. The van der Waals surface area contributed by atoms with Crippen LogP contribution in [0.5, 0.6) is 0 Å². The predicted molar refractivity (Wildman–Crippen MR) is 123 cm³/mol. The van der Waals surface area contributed by atoms with Crippen LogP contribution < -0.4 is 0 Å². The van der Waals surface area contributed by atoms with Crippen molar-refractivity contribution in [2.75, 3.05) is 13.6 Å². The molecule has 0 unspecified atom stereocenters. The van der Waals surface area contributed by atoms with Crippen LogP contribution in [-0.2, 0) is 14.8 Å². The van der Waals surface area contributed by atoms with Crippen molar-refractivity contribution in [3.8, 4) is 11.1 Å². The molecule has 1 aliphatic heterocycles. The number of halogens is 3. The Hall–Kier alpha value is -2.81. The molecule has 0 saturated heterocycles. The van der Waals surface area contributed by atoms with Gasteiger partial charge < -0.3 is 4.90 Å². The molecular weight excluding hydrogens is 465 g/mol. The lowest BCUT2D eigenvalue weighted by Gasteiger charge is -2.35. The van der Waals surface area contributed by atoms with Gasteiger partial charge in [-0.3, -0.25) is 9.10 Å². The number of rotatable bonds is 5. The van der Waals surface area contributed by atoms with E-state index >= 15 is 0 Å². The summed E-state index contributed by atoms with van der Waals surface area (Å²) in [5.41, 5.74) is 1.14. The third kappa shape index (κ3) is 4.58. The van der Waals surface area contributed by atoms with Crippen molar-refractivity contribution in [2.45, 2.75) is 55.9 Å². The molecule has 182 valence electrons. The highest BCUT2D eigenvalue weighted by atomic mass is 32.2. The molecule has 2 aromatic carbocycles. The monoisotopic (exact) mass is 492 g/mol. The summed E-state index contributed by atoms with van der Waals surface area (Å²) in [6, 6.07) is 10.2. The first-order chi connectivity index (χ1) is 16.0. The molecule has 4 rings (SSSR count). The summed E-state index contributed by atoms with van der Waals surface area (Å²) in [4.78, 5) is 14.5. The Balaban J connectivity index is 1.65. The molecule has 0 bridgehead atoms. The third-order valence-electron chi connectivity index (χ3n) is 6.58. The van der Waals surface area contributed by atoms with E-state index in [4.69, 9.17) is 0 Å². The minimum Gasteiger partial charge on any atom is -0.337 e. The van der Waals surface area contributed by atoms with Gasteiger partial charge in [-0.05, 0) is 44.4 Å². The molecule has 5 nitrogen and oxygen atoms in total. The number of carbonyl (C=O) groups excluding carboxylic acids is 1. The molecule has 0 spiro atoms. The second-order valence-corrected chi connectivity index (χ2v) is 10.8. The normalized spacial score (nSPS) is 18.6. The molecule has 34 heavy (non-hydrogen) atoms. The van der Waals surface area contributed by atoms with Crippen molar-refractivity contribution >= 4 is 15.9 Å². The molecule has 0 aromatic heterocycles. The fourth-order valence-corrected chi connectivity index (χ4v) is 6.30. The molecule has 0 atom stereocenters. The summed E-state index contributed by atoms with van der Waals surface area (Å²) in [5.74, 6) is -3.79. The first-order valence-electron chi connectivity index (χ1n) is 11.2. The summed E-state index contributed by atoms with van der Waals surface area (Å²) in [5, 5.41) is 0. The maximum atomic E-state index is 14.6. The SMILES string of the molecule is Cc1ccc(S(=O)(=O)N2CCC=C2C(=O)N(C)C2CCC(F)(F)CC2)c(-c2ccccc2F)c1. The van der Waals surface area contributed by atoms with Gasteiger partial charge in [0.1, 0.15) is 11.5 Å². The van der Waals surface area contributed by atoms with Crippen LogP contribution in [0.2, 0.25) is 0 Å². The molecule has 1 heterocycles. The minimum absolute atomic E-state index is 0.0000997. The summed E-state index contributed by atoms with van der Waals surface area (Å²) in [6.45, 7) is 1.86. The standard InChI is InChI=1S/C25H27F3N2O3S/c1-17-9-10-23(20(16-17)19-6-3-4-7-21(19)26)34(32,33)30-15-5-8-22(30)24(31)29(2)18-11-13-25(27,28)14-12-18/h3-4,6-10,16,18H,5,11-15H2,1-2H3. The van der Waals surface area contributed by atoms with Crippen LogP contribution in [0.25, 0.3) is 11.1 Å². The Bertz CT molecular complexity index is 1230. The molecule has 2 aromatic rings. The van der Waals surface area contributed by atoms with Crippen molar-refractivity contribution in [3.05, 3.63) is 65.6 Å². The molecule has 1 amide bonds. The highest BCUT2D eigenvalue weighted by molar-refractivity contribution is 7.89. The highest BCUT2D eigenvalue weighted by Gasteiger charge is 2.40. The minimum atomic E-state index is -4.20. The highest BCUT2D eigenvalue weighted by Crippen LogP contribution is 2.37. The number of likely N-dealkylation sites (N-methyl/N-ethyl adjacent to an activating group) is 1. The fraction of sp³-hybridized carbons (Fsp3) is 0.400. The van der Waals surface area contributed by atoms with E-state index in [1.54, 1.807) is 31.2 Å². The first-order valence-corrected chi connectivity index (χ1v) is 12.7. The van der Waals surface area contributed by atoms with Gasteiger partial charge in [0.25, 0.3) is 15.9 Å². The molecule has 0 N–H and O–H groups in total. The molecule has 2 aliphatic rings. The Morgan fingerprint density at radius 3 is 2.44 bits per heavy atom. The molecule has 1 saturated carbocycles. The number of aryl methyl sites for hydroxylation is 1. The van der Waals surface area contributed by atoms with Crippen molar-refractivity contribution < 1.29 is 26.4 Å². The number of alkyl halides is 2. The summed E-state index contributed by atoms with van der Waals surface area (Å²) in [6.07, 6.45) is 1.62. The topological polar surface area (TPSA) is 57.7 Å². The summed E-state index contributed by atoms with van der Waals surface area (Å²) >= 11 is 0. The predicted octanol–water partition coefficient (Wildman–Crippen LogP) is 5.12. The second kappa shape index (κ2) is 9.09. The van der Waals surface area contributed by atoms with Gasteiger partial charge in [-0.25, -0.2) is 21.6 Å². The third-order valence-corrected chi connectivity index (χ3v) is 8.45. The summed E-state index contributed by atoms with van der Waals surface area (Å²) < 4.78 is 70.2. The summed E-state index contributed by atoms with van der Waals surface area (Å²) in [7, 11) is -2.67. The van der Waals surface area contributed by atoms with E-state index in [0.29, 0.717) is 6.42 Å². The van der Waals surface area contributed by atoms with E-state index in [9.17, 15) is 26.4 Å². The number of nitrogens with zero attached hydrogens (tertiary/aromatic N) is 2. The van der Waals surface area contributed by atoms with Crippen molar-refractivity contribution in [3.63, 3.8) is 0 Å². The van der Waals surface area contributed by atoms with Crippen LogP contribution in [0, 0.1) is 12.7 Å². The van der Waals surface area contributed by atoms with Gasteiger partial charge in [0, 0.05) is 43.6 Å². The van der Waals surface area contributed by atoms with Gasteiger partial charge in [-0.15, -0.1) is 0 Å². The number of carbonyl (C=O) groups is 1. The number of hydrogen-bond donors (Lipinski definition) is 0. The van der Waals surface area contributed by atoms with E-state index in [0.717, 1.165) is 9.87 Å². The second-order valence-electron chi connectivity index (χ2n) is 8.94. The van der Waals surface area contributed by atoms with Gasteiger partial charge in [-0.1, -0.05) is 35.9 Å². The van der Waals surface area contributed by atoms with Crippen LogP contribution in [-0.4, -0.2) is 49.1 Å². The van der Waals surface area contributed by atoms with Gasteiger partial charge in [0.05, 0.1) is 4.90 Å². The van der Waals surface area contributed by atoms with Crippen LogP contribution in [0.15, 0.2) is 59.1 Å². The molecule has 1 fully saturated rings. The van der Waals surface area contributed by atoms with Crippen molar-refractivity contribution in [2.24, 2.45) is 0 Å². The Morgan fingerprint density at radius 2 is 1.76 bits per heavy atom. The van der Waals surface area contributed by atoms with E-state index in [2.05, 4.69) is 0 Å². The lowest BCUT2D eigenvalue weighted by atomic mass is 9.91. The smallest absolute Gasteiger partial charge is 0.270 e. The van der Waals surface area contributed by atoms with E-state index in [1.807, 2.05) is 0 Å². The quantitative estimate of drug-likeness (QED) is 0.583. The Labute approximate surface area is 197 Å². The van der Waals surface area contributed by atoms with E-state index in [1.165, 1.54) is 36.2 Å². The zero-order chi connectivity index (χ0) is 24.7. The number of amides is 1. The maximum absolute atomic E-state index is 14.6. The number of hydrogen-bond acceptors (Lipinski definition) is 3. The molecule has 9 heteroatoms. The van der Waals surface area contributed by atoms with E-state index < -0.39 is 27.7 Å². The Morgan fingerprint density at radius 1 is 1.09 bits per heavy atom. The number of sulfonamides is 1. The van der Waals surface area contributed by atoms with Crippen molar-refractivity contribution in [1.29, 1.82) is 0 Å². The van der Waals surface area contributed by atoms with E-state index in [-0.39, 0.29) is 60.0 Å². The average Bonchev–Trinajstić information content (AvgIpc) is 3.29. The number of benzene rings is 2. The van der Waals surface area contributed by atoms with Crippen molar-refractivity contribution in [1.82, 2.24) is 9.21 Å². The largest absolute Gasteiger partial charge is 0.337 e. The maximum Gasteiger partial charge on any atom is 0.270 e. The lowest BCUT2D eigenvalue weighted by molar-refractivity contribution is -0.131. The molecular formula is C25H27F3N2O3S. The van der Waals surface area contributed by atoms with Gasteiger partial charge in [-0.2, -0.15) is 0 Å². The van der Waals surface area contributed by atoms with Crippen LogP contribution in [0.4, 0.5) is 13.2 Å². The average molecular weight is 493 g/mol. The lowest BCUT2D eigenvalue weighted by Crippen LogP contribution is -2.45. The van der Waals surface area contributed by atoms with Gasteiger partial charge >= 0.3 is 0 Å². The van der Waals surface area contributed by atoms with Crippen LogP contribution in [0.3, 0.4) is 0 Å². The van der Waals surface area contributed by atoms with Gasteiger partial charge in [0.15, 0.2) is 0 Å². The Kier molecular flexibility index (Phi) is 6.50. The van der Waals surface area contributed by atoms with Crippen LogP contribution >= 0.6 is 0 Å². The van der Waals surface area contributed by atoms with Crippen LogP contribution in [0.1, 0.15) is 37.7 Å². The molecule has 1 aliphatic carbocycles. The molecule has 0 radical (unpaired) electrons. The zero-order valence-electron chi connectivity index (χ0n) is 19.1.